The first-order valence-electron chi connectivity index (χ1n) is 9.23. The fraction of sp³-hybridized carbons (Fsp3) is 0.0909. The summed E-state index contributed by atoms with van der Waals surface area (Å²) in [5.74, 6) is -1.46. The first kappa shape index (κ1) is 18.0. The number of fused-ring (bicyclic) bond motifs is 2. The zero-order valence-corrected chi connectivity index (χ0v) is 15.6. The lowest BCUT2D eigenvalue weighted by molar-refractivity contribution is 0.0963. The number of benzene rings is 2. The van der Waals surface area contributed by atoms with Crippen molar-refractivity contribution in [3.8, 4) is 23.2 Å². The molecule has 0 atom stereocenters. The maximum absolute atomic E-state index is 13.2. The summed E-state index contributed by atoms with van der Waals surface area (Å²) in [6.07, 6.45) is 2.03. The molecule has 0 radical (unpaired) electrons. The van der Waals surface area contributed by atoms with Crippen LogP contribution >= 0.6 is 0 Å². The number of aromatic hydroxyl groups is 3. The predicted octanol–water partition coefficient (Wildman–Crippen LogP) is 3.12. The third kappa shape index (κ3) is 2.65. The predicted molar refractivity (Wildman–Crippen MR) is 106 cm³/mol. The van der Waals surface area contributed by atoms with E-state index in [-0.39, 0.29) is 41.0 Å². The molecule has 7 nitrogen and oxygen atoms in total. The van der Waals surface area contributed by atoms with E-state index in [0.29, 0.717) is 23.1 Å². The maximum atomic E-state index is 13.2. The molecule has 0 saturated heterocycles. The summed E-state index contributed by atoms with van der Waals surface area (Å²) < 4.78 is 14.4. The molecule has 30 heavy (non-hydrogen) atoms. The molecule has 4 aromatic rings. The Morgan fingerprint density at radius 2 is 1.73 bits per heavy atom. The highest BCUT2D eigenvalue weighted by molar-refractivity contribution is 6.09. The minimum atomic E-state index is -0.450. The summed E-state index contributed by atoms with van der Waals surface area (Å²) in [4.78, 5) is 16.6. The third-order valence-corrected chi connectivity index (χ3v) is 5.29. The van der Waals surface area contributed by atoms with Crippen molar-refractivity contribution in [2.75, 3.05) is 0 Å². The molecule has 5 rings (SSSR count). The Balaban J connectivity index is 1.78. The summed E-state index contributed by atoms with van der Waals surface area (Å²) >= 11 is 0. The van der Waals surface area contributed by atoms with Crippen LogP contribution in [0.3, 0.4) is 0 Å². The molecule has 0 spiro atoms. The number of phenolic OH excluding ortho intramolecular Hbond substituents is 1. The fourth-order valence-corrected chi connectivity index (χ4v) is 3.93. The zero-order chi connectivity index (χ0) is 21.0. The van der Waals surface area contributed by atoms with Gasteiger partial charge in [0.1, 0.15) is 11.3 Å². The molecule has 2 aromatic carbocycles. The standard InChI is InChI=1S/C22H16FN3O4/c23-13-3-1-11(2-4-13)7-12-8-14-19(24-9-12)21(29)18-15(10-25-22(18)30)20(14)26-16(27)5-6-17(26)28/h1-6,8-9,27-29H,7,10H2,(H,25,30). The molecule has 150 valence electrons. The van der Waals surface area contributed by atoms with E-state index in [2.05, 4.69) is 10.3 Å². The van der Waals surface area contributed by atoms with Crippen molar-refractivity contribution in [2.45, 2.75) is 13.0 Å². The second-order valence-corrected chi connectivity index (χ2v) is 7.16. The van der Waals surface area contributed by atoms with Crippen LogP contribution in [0.5, 0.6) is 17.5 Å². The van der Waals surface area contributed by atoms with E-state index in [1.54, 1.807) is 24.4 Å². The number of phenols is 1. The molecular weight excluding hydrogens is 389 g/mol. The Morgan fingerprint density at radius 1 is 1.03 bits per heavy atom. The van der Waals surface area contributed by atoms with Gasteiger partial charge in [-0.15, -0.1) is 0 Å². The van der Waals surface area contributed by atoms with Crippen LogP contribution in [-0.4, -0.2) is 30.8 Å². The van der Waals surface area contributed by atoms with Crippen LogP contribution in [0.1, 0.15) is 27.0 Å². The van der Waals surface area contributed by atoms with Gasteiger partial charge >= 0.3 is 0 Å². The van der Waals surface area contributed by atoms with E-state index in [4.69, 9.17) is 0 Å². The van der Waals surface area contributed by atoms with E-state index in [1.165, 1.54) is 28.8 Å². The number of aromatic nitrogens is 2. The van der Waals surface area contributed by atoms with Crippen LogP contribution in [0.25, 0.3) is 16.6 Å². The van der Waals surface area contributed by atoms with E-state index < -0.39 is 5.91 Å². The quantitative estimate of drug-likeness (QED) is 0.419. The minimum Gasteiger partial charge on any atom is -0.505 e. The molecule has 0 bridgehead atoms. The summed E-state index contributed by atoms with van der Waals surface area (Å²) in [6, 6.07) is 10.5. The summed E-state index contributed by atoms with van der Waals surface area (Å²) in [6.45, 7) is 0.131. The van der Waals surface area contributed by atoms with E-state index in [0.717, 1.165) is 11.1 Å². The van der Waals surface area contributed by atoms with E-state index in [1.807, 2.05) is 0 Å². The van der Waals surface area contributed by atoms with Crippen molar-refractivity contribution in [1.29, 1.82) is 0 Å². The van der Waals surface area contributed by atoms with Crippen molar-refractivity contribution >= 4 is 16.8 Å². The van der Waals surface area contributed by atoms with Crippen molar-refractivity contribution in [1.82, 2.24) is 14.9 Å². The van der Waals surface area contributed by atoms with E-state index in [9.17, 15) is 24.5 Å². The van der Waals surface area contributed by atoms with Crippen LogP contribution in [0.15, 0.2) is 48.7 Å². The van der Waals surface area contributed by atoms with Gasteiger partial charge in [-0.25, -0.2) is 4.39 Å². The number of nitrogens with zero attached hydrogens (tertiary/aromatic N) is 2. The molecule has 4 N–H and O–H groups in total. The topological polar surface area (TPSA) is 108 Å². The largest absolute Gasteiger partial charge is 0.505 e. The van der Waals surface area contributed by atoms with Crippen molar-refractivity contribution in [2.24, 2.45) is 0 Å². The molecule has 1 aliphatic heterocycles. The molecular formula is C22H16FN3O4. The lowest BCUT2D eigenvalue weighted by atomic mass is 9.98. The molecule has 1 amide bonds. The highest BCUT2D eigenvalue weighted by Crippen LogP contribution is 2.42. The van der Waals surface area contributed by atoms with Gasteiger partial charge in [0.2, 0.25) is 0 Å². The molecule has 0 aliphatic carbocycles. The van der Waals surface area contributed by atoms with Gasteiger partial charge in [-0.1, -0.05) is 12.1 Å². The van der Waals surface area contributed by atoms with Crippen LogP contribution < -0.4 is 5.32 Å². The van der Waals surface area contributed by atoms with Gasteiger partial charge in [0.05, 0.1) is 11.3 Å². The lowest BCUT2D eigenvalue weighted by Crippen LogP contribution is -2.12. The zero-order valence-electron chi connectivity index (χ0n) is 15.6. The van der Waals surface area contributed by atoms with Gasteiger partial charge in [0.25, 0.3) is 5.91 Å². The number of hydrogen-bond donors (Lipinski definition) is 4. The van der Waals surface area contributed by atoms with Crippen molar-refractivity contribution in [3.63, 3.8) is 0 Å². The average molecular weight is 405 g/mol. The first-order chi connectivity index (χ1) is 14.4. The monoisotopic (exact) mass is 405 g/mol. The average Bonchev–Trinajstić information content (AvgIpc) is 3.27. The number of nitrogens with one attached hydrogen (secondary N) is 1. The van der Waals surface area contributed by atoms with Gasteiger partial charge in [0, 0.05) is 35.8 Å². The number of carbonyl (C=O) groups excluding carboxylic acids is 1. The molecule has 3 heterocycles. The van der Waals surface area contributed by atoms with Gasteiger partial charge in [-0.05, 0) is 35.7 Å². The van der Waals surface area contributed by atoms with Crippen LogP contribution in [0.4, 0.5) is 4.39 Å². The van der Waals surface area contributed by atoms with Gasteiger partial charge in [-0.2, -0.15) is 0 Å². The Morgan fingerprint density at radius 3 is 2.43 bits per heavy atom. The highest BCUT2D eigenvalue weighted by Gasteiger charge is 2.31. The number of halogens is 1. The van der Waals surface area contributed by atoms with Gasteiger partial charge in [0.15, 0.2) is 17.5 Å². The summed E-state index contributed by atoms with van der Waals surface area (Å²) in [5, 5.41) is 34.5. The molecule has 8 heteroatoms. The SMILES string of the molecule is O=C1NCc2c1c(O)c1ncc(Cc3ccc(F)cc3)cc1c2-n1c(O)ccc1O. The number of amides is 1. The molecule has 0 saturated carbocycles. The summed E-state index contributed by atoms with van der Waals surface area (Å²) in [5.41, 5.74) is 2.71. The number of carbonyl (C=O) groups is 1. The first-order valence-corrected chi connectivity index (χ1v) is 9.23. The van der Waals surface area contributed by atoms with Crippen molar-refractivity contribution < 1.29 is 24.5 Å². The molecule has 2 aromatic heterocycles. The lowest BCUT2D eigenvalue weighted by Gasteiger charge is -2.16. The van der Waals surface area contributed by atoms with Crippen LogP contribution in [0, 0.1) is 5.82 Å². The Kier molecular flexibility index (Phi) is 3.89. The normalized spacial score (nSPS) is 12.9. The second-order valence-electron chi connectivity index (χ2n) is 7.16. The Labute approximate surface area is 169 Å². The number of hydrogen-bond acceptors (Lipinski definition) is 5. The molecule has 0 unspecified atom stereocenters. The molecule has 1 aliphatic rings. The fourth-order valence-electron chi connectivity index (χ4n) is 3.93. The second kappa shape index (κ2) is 6.48. The van der Waals surface area contributed by atoms with Crippen molar-refractivity contribution in [3.05, 3.63) is 76.7 Å². The minimum absolute atomic E-state index is 0.0729. The van der Waals surface area contributed by atoms with Crippen LogP contribution in [0.2, 0.25) is 0 Å². The van der Waals surface area contributed by atoms with Gasteiger partial charge in [-0.3, -0.25) is 14.3 Å². The van der Waals surface area contributed by atoms with Gasteiger partial charge < -0.3 is 20.6 Å². The summed E-state index contributed by atoms with van der Waals surface area (Å²) in [7, 11) is 0. The smallest absolute Gasteiger partial charge is 0.255 e. The highest BCUT2D eigenvalue weighted by atomic mass is 19.1. The maximum Gasteiger partial charge on any atom is 0.255 e. The Hall–Kier alpha value is -4.07. The number of pyridine rings is 1. The number of rotatable bonds is 3. The van der Waals surface area contributed by atoms with Crippen LogP contribution in [-0.2, 0) is 13.0 Å². The Bertz CT molecular complexity index is 1310. The third-order valence-electron chi connectivity index (χ3n) is 5.29. The van der Waals surface area contributed by atoms with E-state index >= 15 is 0 Å². The molecule has 0 fully saturated rings.